The third-order valence-corrected chi connectivity index (χ3v) is 3.53. The molecule has 0 N–H and O–H groups in total. The van der Waals surface area contributed by atoms with Crippen LogP contribution >= 0.6 is 0 Å². The van der Waals surface area contributed by atoms with Crippen molar-refractivity contribution in [3.63, 3.8) is 0 Å². The summed E-state index contributed by atoms with van der Waals surface area (Å²) in [6, 6.07) is 12.5. The minimum Gasteiger partial charge on any atom is -0.294 e. The van der Waals surface area contributed by atoms with E-state index in [2.05, 4.69) is 0 Å². The highest BCUT2D eigenvalue weighted by Crippen LogP contribution is 2.13. The minimum absolute atomic E-state index is 0.0295. The standard InChI is InChI=1S/C16H14N4O2/c1-11-15(14(21)8-12(9-17)10-18)16(22)20(19(11)2)13-6-4-3-5-7-13/h3-7,12H,8H2,1-2H3. The van der Waals surface area contributed by atoms with Crippen LogP contribution in [-0.2, 0) is 7.05 Å². The smallest absolute Gasteiger partial charge is 0.282 e. The number of hydrogen-bond donors (Lipinski definition) is 0. The Hall–Kier alpha value is -3.12. The molecule has 0 unspecified atom stereocenters. The maximum Gasteiger partial charge on any atom is 0.282 e. The fourth-order valence-electron chi connectivity index (χ4n) is 2.30. The molecule has 1 heterocycles. The van der Waals surface area contributed by atoms with Crippen LogP contribution in [0.4, 0.5) is 0 Å². The third-order valence-electron chi connectivity index (χ3n) is 3.53. The Morgan fingerprint density at radius 2 is 1.82 bits per heavy atom. The van der Waals surface area contributed by atoms with Gasteiger partial charge in [0.25, 0.3) is 5.56 Å². The van der Waals surface area contributed by atoms with Gasteiger partial charge in [0.05, 0.1) is 17.8 Å². The summed E-state index contributed by atoms with van der Waals surface area (Å²) in [7, 11) is 1.69. The quantitative estimate of drug-likeness (QED) is 0.803. The normalized spacial score (nSPS) is 10.2. The van der Waals surface area contributed by atoms with Crippen LogP contribution in [0.3, 0.4) is 0 Å². The molecule has 0 radical (unpaired) electrons. The van der Waals surface area contributed by atoms with Crippen molar-refractivity contribution in [3.05, 3.63) is 51.9 Å². The highest BCUT2D eigenvalue weighted by molar-refractivity contribution is 5.97. The van der Waals surface area contributed by atoms with Crippen molar-refractivity contribution in [3.8, 4) is 17.8 Å². The van der Waals surface area contributed by atoms with Gasteiger partial charge in [-0.1, -0.05) is 18.2 Å². The van der Waals surface area contributed by atoms with Gasteiger partial charge in [-0.25, -0.2) is 4.68 Å². The van der Waals surface area contributed by atoms with Gasteiger partial charge in [-0.05, 0) is 19.1 Å². The maximum absolute atomic E-state index is 12.6. The fraction of sp³-hybridized carbons (Fsp3) is 0.250. The van der Waals surface area contributed by atoms with Gasteiger partial charge < -0.3 is 0 Å². The molecule has 0 aliphatic rings. The third kappa shape index (κ3) is 2.55. The van der Waals surface area contributed by atoms with E-state index in [1.807, 2.05) is 6.07 Å². The topological polar surface area (TPSA) is 91.6 Å². The van der Waals surface area contributed by atoms with E-state index in [0.29, 0.717) is 11.4 Å². The van der Waals surface area contributed by atoms with Gasteiger partial charge in [0.1, 0.15) is 11.5 Å². The average molecular weight is 294 g/mol. The molecule has 110 valence electrons. The Bertz CT molecular complexity index is 833. The van der Waals surface area contributed by atoms with E-state index < -0.39 is 17.3 Å². The second-order valence-corrected chi connectivity index (χ2v) is 4.87. The first-order valence-corrected chi connectivity index (χ1v) is 6.67. The molecule has 0 amide bonds. The number of ketones is 1. The van der Waals surface area contributed by atoms with E-state index >= 15 is 0 Å². The zero-order valence-corrected chi connectivity index (χ0v) is 12.3. The predicted octanol–water partition coefficient (Wildman–Crippen LogP) is 1.72. The van der Waals surface area contributed by atoms with E-state index in [1.54, 1.807) is 55.1 Å². The number of hydrogen-bond acceptors (Lipinski definition) is 4. The summed E-state index contributed by atoms with van der Waals surface area (Å²) in [5.74, 6) is -1.53. The van der Waals surface area contributed by atoms with E-state index in [9.17, 15) is 9.59 Å². The highest BCUT2D eigenvalue weighted by Gasteiger charge is 2.24. The number of nitriles is 2. The van der Waals surface area contributed by atoms with Crippen molar-refractivity contribution < 1.29 is 4.79 Å². The molecular weight excluding hydrogens is 280 g/mol. The summed E-state index contributed by atoms with van der Waals surface area (Å²) in [5, 5.41) is 17.6. The predicted molar refractivity (Wildman–Crippen MR) is 79.4 cm³/mol. The van der Waals surface area contributed by atoms with Crippen molar-refractivity contribution in [2.75, 3.05) is 0 Å². The van der Waals surface area contributed by atoms with Crippen molar-refractivity contribution in [1.29, 1.82) is 10.5 Å². The number of nitrogens with zero attached hydrogens (tertiary/aromatic N) is 4. The number of aromatic nitrogens is 2. The number of rotatable bonds is 4. The van der Waals surface area contributed by atoms with Crippen LogP contribution < -0.4 is 5.56 Å². The molecule has 0 saturated carbocycles. The maximum atomic E-state index is 12.6. The van der Waals surface area contributed by atoms with Crippen LogP contribution in [0, 0.1) is 35.5 Å². The Labute approximate surface area is 127 Å². The largest absolute Gasteiger partial charge is 0.294 e. The lowest BCUT2D eigenvalue weighted by Gasteiger charge is -2.07. The molecule has 2 aromatic rings. The summed E-state index contributed by atoms with van der Waals surface area (Å²) >= 11 is 0. The summed E-state index contributed by atoms with van der Waals surface area (Å²) in [4.78, 5) is 24.8. The van der Waals surface area contributed by atoms with E-state index in [0.717, 1.165) is 0 Å². The number of Topliss-reactive ketones (excluding diaryl/α,β-unsaturated/α-hetero) is 1. The molecule has 0 atom stereocenters. The Morgan fingerprint density at radius 3 is 2.36 bits per heavy atom. The summed E-state index contributed by atoms with van der Waals surface area (Å²) in [6.45, 7) is 1.67. The fourth-order valence-corrected chi connectivity index (χ4v) is 2.30. The average Bonchev–Trinajstić information content (AvgIpc) is 2.75. The number of carbonyl (C=O) groups is 1. The summed E-state index contributed by atoms with van der Waals surface area (Å²) in [5.41, 5.74) is 0.746. The van der Waals surface area contributed by atoms with E-state index in [-0.39, 0.29) is 12.0 Å². The summed E-state index contributed by atoms with van der Waals surface area (Å²) < 4.78 is 3.00. The molecule has 6 nitrogen and oxygen atoms in total. The van der Waals surface area contributed by atoms with Crippen molar-refractivity contribution in [2.24, 2.45) is 13.0 Å². The molecule has 0 aliphatic carbocycles. The molecule has 6 heteroatoms. The molecule has 0 aliphatic heterocycles. The second-order valence-electron chi connectivity index (χ2n) is 4.87. The lowest BCUT2D eigenvalue weighted by Crippen LogP contribution is -2.23. The van der Waals surface area contributed by atoms with Gasteiger partial charge in [-0.2, -0.15) is 10.5 Å². The Morgan fingerprint density at radius 1 is 1.23 bits per heavy atom. The first-order valence-electron chi connectivity index (χ1n) is 6.67. The molecule has 1 aromatic carbocycles. The molecule has 0 spiro atoms. The van der Waals surface area contributed by atoms with Gasteiger partial charge in [-0.15, -0.1) is 0 Å². The molecule has 0 saturated heterocycles. The van der Waals surface area contributed by atoms with Crippen LogP contribution in [0.1, 0.15) is 22.5 Å². The highest BCUT2D eigenvalue weighted by atomic mass is 16.2. The number of carbonyl (C=O) groups excluding carboxylic acids is 1. The zero-order chi connectivity index (χ0) is 16.3. The van der Waals surface area contributed by atoms with Crippen LogP contribution in [0.2, 0.25) is 0 Å². The van der Waals surface area contributed by atoms with Gasteiger partial charge in [-0.3, -0.25) is 14.3 Å². The monoisotopic (exact) mass is 294 g/mol. The summed E-state index contributed by atoms with van der Waals surface area (Å²) in [6.07, 6.45) is -0.276. The van der Waals surface area contributed by atoms with Crippen LogP contribution in [-0.4, -0.2) is 15.1 Å². The van der Waals surface area contributed by atoms with Gasteiger partial charge in [0.2, 0.25) is 0 Å². The van der Waals surface area contributed by atoms with E-state index in [4.69, 9.17) is 10.5 Å². The van der Waals surface area contributed by atoms with Crippen LogP contribution in [0.15, 0.2) is 35.1 Å². The van der Waals surface area contributed by atoms with Crippen molar-refractivity contribution >= 4 is 5.78 Å². The van der Waals surface area contributed by atoms with Crippen molar-refractivity contribution in [2.45, 2.75) is 13.3 Å². The number of benzene rings is 1. The second kappa shape index (κ2) is 6.11. The SMILES string of the molecule is Cc1c(C(=O)CC(C#N)C#N)c(=O)n(-c2ccccc2)n1C. The molecular formula is C16H14N4O2. The molecule has 0 fully saturated rings. The van der Waals surface area contributed by atoms with E-state index in [1.165, 1.54) is 4.68 Å². The molecule has 1 aromatic heterocycles. The van der Waals surface area contributed by atoms with Gasteiger partial charge in [0, 0.05) is 19.2 Å². The van der Waals surface area contributed by atoms with Gasteiger partial charge in [0.15, 0.2) is 5.78 Å². The van der Waals surface area contributed by atoms with Crippen molar-refractivity contribution in [1.82, 2.24) is 9.36 Å². The van der Waals surface area contributed by atoms with Gasteiger partial charge >= 0.3 is 0 Å². The van der Waals surface area contributed by atoms with Crippen LogP contribution in [0.5, 0.6) is 0 Å². The Balaban J connectivity index is 2.53. The molecule has 22 heavy (non-hydrogen) atoms. The Kier molecular flexibility index (Phi) is 4.24. The lowest BCUT2D eigenvalue weighted by atomic mass is 10.0. The minimum atomic E-state index is -1.04. The molecule has 2 rings (SSSR count). The lowest BCUT2D eigenvalue weighted by molar-refractivity contribution is 0.0975. The van der Waals surface area contributed by atoms with Crippen LogP contribution in [0.25, 0.3) is 5.69 Å². The number of para-hydroxylation sites is 1. The first kappa shape index (κ1) is 15.3. The molecule has 0 bridgehead atoms. The first-order chi connectivity index (χ1) is 10.5. The zero-order valence-electron chi connectivity index (χ0n) is 12.3.